The van der Waals surface area contributed by atoms with Gasteiger partial charge in [-0.25, -0.2) is 4.39 Å². The van der Waals surface area contributed by atoms with Crippen molar-refractivity contribution in [2.75, 3.05) is 19.6 Å². The van der Waals surface area contributed by atoms with Gasteiger partial charge in [0.1, 0.15) is 22.9 Å². The summed E-state index contributed by atoms with van der Waals surface area (Å²) in [5, 5.41) is 0. The Bertz CT molecular complexity index is 1270. The van der Waals surface area contributed by atoms with E-state index in [1.165, 1.54) is 37.0 Å². The molecule has 0 N–H and O–H groups in total. The number of likely N-dealkylation sites (tertiary alicyclic amines) is 1. The monoisotopic (exact) mass is 597 g/mol. The van der Waals surface area contributed by atoms with Gasteiger partial charge in [-0.1, -0.05) is 50.5 Å². The molecule has 0 radical (unpaired) electrons. The molecular formula is C36H49ClFNO3. The Kier molecular flexibility index (Phi) is 10.5. The normalized spacial score (nSPS) is 22.9. The highest BCUT2D eigenvalue weighted by molar-refractivity contribution is 5.85. The van der Waals surface area contributed by atoms with Gasteiger partial charge in [-0.2, -0.15) is 0 Å². The van der Waals surface area contributed by atoms with Crippen molar-refractivity contribution in [3.05, 3.63) is 70.6 Å². The molecule has 2 aromatic carbocycles. The van der Waals surface area contributed by atoms with Gasteiger partial charge in [-0.3, -0.25) is 4.79 Å². The molecule has 0 aromatic heterocycles. The van der Waals surface area contributed by atoms with Gasteiger partial charge in [0.05, 0.1) is 0 Å². The van der Waals surface area contributed by atoms with Crippen LogP contribution in [0.2, 0.25) is 0 Å². The van der Waals surface area contributed by atoms with Crippen LogP contribution in [-0.4, -0.2) is 36.1 Å². The molecule has 0 bridgehead atoms. The highest BCUT2D eigenvalue weighted by Crippen LogP contribution is 2.55. The average Bonchev–Trinajstić information content (AvgIpc) is 2.93. The molecule has 3 aliphatic rings. The molecule has 0 spiro atoms. The number of rotatable bonds is 9. The SMILES string of the molecule is CCCC(C)(c1ccc(F)cc1)c1cc(OC(=O)CCCN2CCCCC2)c2c(c1)OC(C)(C)C1CCC(C)=CC21.Cl. The molecule has 1 saturated heterocycles. The molecule has 4 nitrogen and oxygen atoms in total. The Balaban J connectivity index is 0.00000405. The third kappa shape index (κ3) is 6.89. The Labute approximate surface area is 258 Å². The van der Waals surface area contributed by atoms with Crippen LogP contribution in [0.25, 0.3) is 0 Å². The lowest BCUT2D eigenvalue weighted by Crippen LogP contribution is -2.45. The number of benzene rings is 2. The Hall–Kier alpha value is -2.37. The molecule has 2 heterocycles. The number of esters is 1. The largest absolute Gasteiger partial charge is 0.487 e. The second-order valence-corrected chi connectivity index (χ2v) is 13.3. The van der Waals surface area contributed by atoms with Crippen molar-refractivity contribution in [1.29, 1.82) is 0 Å². The van der Waals surface area contributed by atoms with Crippen molar-refractivity contribution in [2.24, 2.45) is 5.92 Å². The fourth-order valence-corrected chi connectivity index (χ4v) is 7.49. The molecule has 2 aliphatic heterocycles. The first-order valence-electron chi connectivity index (χ1n) is 15.8. The maximum absolute atomic E-state index is 13.9. The van der Waals surface area contributed by atoms with E-state index < -0.39 is 5.41 Å². The van der Waals surface area contributed by atoms with Crippen LogP contribution in [0.3, 0.4) is 0 Å². The summed E-state index contributed by atoms with van der Waals surface area (Å²) < 4.78 is 27.0. The fourth-order valence-electron chi connectivity index (χ4n) is 7.49. The molecule has 6 heteroatoms. The summed E-state index contributed by atoms with van der Waals surface area (Å²) in [5.74, 6) is 1.45. The van der Waals surface area contributed by atoms with Crippen LogP contribution in [0.15, 0.2) is 48.0 Å². The molecule has 0 saturated carbocycles. The van der Waals surface area contributed by atoms with E-state index in [0.717, 1.165) is 74.2 Å². The molecule has 1 fully saturated rings. The van der Waals surface area contributed by atoms with Crippen LogP contribution in [0.4, 0.5) is 4.39 Å². The van der Waals surface area contributed by atoms with Gasteiger partial charge in [0.15, 0.2) is 0 Å². The minimum Gasteiger partial charge on any atom is -0.487 e. The van der Waals surface area contributed by atoms with E-state index in [4.69, 9.17) is 9.47 Å². The predicted octanol–water partition coefficient (Wildman–Crippen LogP) is 9.14. The second-order valence-electron chi connectivity index (χ2n) is 13.3. The zero-order valence-corrected chi connectivity index (χ0v) is 27.0. The number of hydrogen-bond donors (Lipinski definition) is 0. The highest BCUT2D eigenvalue weighted by Gasteiger charge is 2.46. The molecule has 2 aromatic rings. The topological polar surface area (TPSA) is 38.8 Å². The number of carbonyl (C=O) groups excluding carboxylic acids is 1. The van der Waals surface area contributed by atoms with Crippen molar-refractivity contribution >= 4 is 18.4 Å². The first-order valence-corrected chi connectivity index (χ1v) is 15.8. The van der Waals surface area contributed by atoms with Crippen LogP contribution in [-0.2, 0) is 10.2 Å². The van der Waals surface area contributed by atoms with Crippen molar-refractivity contribution in [1.82, 2.24) is 4.90 Å². The Morgan fingerprint density at radius 2 is 1.83 bits per heavy atom. The number of fused-ring (bicyclic) bond motifs is 3. The third-order valence-corrected chi connectivity index (χ3v) is 9.85. The van der Waals surface area contributed by atoms with E-state index in [9.17, 15) is 9.18 Å². The Morgan fingerprint density at radius 1 is 1.12 bits per heavy atom. The number of allylic oxidation sites excluding steroid dienone is 2. The van der Waals surface area contributed by atoms with Crippen LogP contribution in [0.5, 0.6) is 11.5 Å². The van der Waals surface area contributed by atoms with Gasteiger partial charge in [-0.15, -0.1) is 12.4 Å². The first kappa shape index (κ1) is 32.5. The molecule has 42 heavy (non-hydrogen) atoms. The van der Waals surface area contributed by atoms with Gasteiger partial charge in [0.25, 0.3) is 0 Å². The molecule has 1 aliphatic carbocycles. The zero-order valence-electron chi connectivity index (χ0n) is 26.1. The van der Waals surface area contributed by atoms with E-state index in [-0.39, 0.29) is 35.7 Å². The maximum atomic E-state index is 13.9. The predicted molar refractivity (Wildman–Crippen MR) is 171 cm³/mol. The standard InChI is InChI=1S/C36H48FNO3.ClH/c1-6-18-36(5,26-13-15-28(37)16-14-26)27-23-31(40-33(39)11-10-21-38-19-8-7-9-20-38)34-29-22-25(2)12-17-30(29)35(3,4)41-32(34)24-27;/h13-16,22-24,29-30H,6-12,17-21H2,1-5H3;1H. The van der Waals surface area contributed by atoms with Crippen molar-refractivity contribution in [2.45, 2.75) is 109 Å². The minimum atomic E-state index is -0.393. The highest BCUT2D eigenvalue weighted by atomic mass is 35.5. The summed E-state index contributed by atoms with van der Waals surface area (Å²) >= 11 is 0. The summed E-state index contributed by atoms with van der Waals surface area (Å²) in [5.41, 5.74) is 3.71. The number of hydrogen-bond acceptors (Lipinski definition) is 4. The van der Waals surface area contributed by atoms with E-state index in [1.807, 2.05) is 12.1 Å². The van der Waals surface area contributed by atoms with Crippen LogP contribution >= 0.6 is 12.4 Å². The van der Waals surface area contributed by atoms with Gasteiger partial charge < -0.3 is 14.4 Å². The quantitative estimate of drug-likeness (QED) is 0.164. The lowest BCUT2D eigenvalue weighted by atomic mass is 9.67. The summed E-state index contributed by atoms with van der Waals surface area (Å²) in [6, 6.07) is 11.1. The van der Waals surface area contributed by atoms with Crippen molar-refractivity contribution in [3.63, 3.8) is 0 Å². The lowest BCUT2D eigenvalue weighted by molar-refractivity contribution is -0.134. The van der Waals surface area contributed by atoms with Gasteiger partial charge in [0, 0.05) is 29.2 Å². The molecule has 0 amide bonds. The van der Waals surface area contributed by atoms with Crippen molar-refractivity contribution < 1.29 is 18.7 Å². The minimum absolute atomic E-state index is 0. The van der Waals surface area contributed by atoms with Crippen molar-refractivity contribution in [3.8, 4) is 11.5 Å². The molecule has 5 rings (SSSR count). The lowest BCUT2D eigenvalue weighted by Gasteiger charge is -2.47. The number of ether oxygens (including phenoxy) is 2. The third-order valence-electron chi connectivity index (χ3n) is 9.85. The van der Waals surface area contributed by atoms with Crippen LogP contribution < -0.4 is 9.47 Å². The van der Waals surface area contributed by atoms with Crippen LogP contribution in [0.1, 0.15) is 115 Å². The number of halogens is 2. The van der Waals surface area contributed by atoms with Gasteiger partial charge in [0.2, 0.25) is 0 Å². The van der Waals surface area contributed by atoms with E-state index in [1.54, 1.807) is 0 Å². The average molecular weight is 598 g/mol. The summed E-state index contributed by atoms with van der Waals surface area (Å²) in [6.45, 7) is 14.2. The summed E-state index contributed by atoms with van der Waals surface area (Å²) in [7, 11) is 0. The number of nitrogens with zero attached hydrogens (tertiary/aromatic N) is 1. The first-order chi connectivity index (χ1) is 19.6. The van der Waals surface area contributed by atoms with Gasteiger partial charge >= 0.3 is 5.97 Å². The Morgan fingerprint density at radius 3 is 2.52 bits per heavy atom. The second kappa shape index (κ2) is 13.5. The molecule has 3 atom stereocenters. The number of carbonyl (C=O) groups is 1. The maximum Gasteiger partial charge on any atom is 0.311 e. The fraction of sp³-hybridized carbons (Fsp3) is 0.583. The van der Waals surface area contributed by atoms with E-state index in [2.05, 4.69) is 57.7 Å². The summed E-state index contributed by atoms with van der Waals surface area (Å²) in [6.07, 6.45) is 11.3. The van der Waals surface area contributed by atoms with Gasteiger partial charge in [-0.05, 0) is 114 Å². The van der Waals surface area contributed by atoms with Crippen LogP contribution in [0, 0.1) is 11.7 Å². The zero-order chi connectivity index (χ0) is 29.2. The molecular weight excluding hydrogens is 549 g/mol. The molecule has 230 valence electrons. The summed E-state index contributed by atoms with van der Waals surface area (Å²) in [4.78, 5) is 15.8. The van der Waals surface area contributed by atoms with E-state index in [0.29, 0.717) is 18.1 Å². The smallest absolute Gasteiger partial charge is 0.311 e. The molecule has 3 unspecified atom stereocenters. The number of piperidine rings is 1. The van der Waals surface area contributed by atoms with E-state index >= 15 is 0 Å².